The lowest BCUT2D eigenvalue weighted by Gasteiger charge is -2.42. The fraction of sp³-hybridized carbons (Fsp3) is 0.759. The molecule has 0 bridgehead atoms. The first-order chi connectivity index (χ1) is 17.7. The largest absolute Gasteiger partial charge is 0.394 e. The van der Waals surface area contributed by atoms with E-state index in [0.29, 0.717) is 25.9 Å². The third-order valence-corrected chi connectivity index (χ3v) is 9.47. The van der Waals surface area contributed by atoms with Gasteiger partial charge in [-0.2, -0.15) is 0 Å². The van der Waals surface area contributed by atoms with E-state index in [9.17, 15) is 19.5 Å². The molecule has 1 saturated carbocycles. The fourth-order valence-corrected chi connectivity index (χ4v) is 7.77. The quantitative estimate of drug-likeness (QED) is 0.552. The van der Waals surface area contributed by atoms with E-state index in [1.807, 2.05) is 36.1 Å². The highest BCUT2D eigenvalue weighted by Gasteiger charge is 2.75. The van der Waals surface area contributed by atoms with E-state index < -0.39 is 35.1 Å². The number of carbonyl (C=O) groups is 3. The van der Waals surface area contributed by atoms with Crippen LogP contribution in [-0.4, -0.2) is 93.6 Å². The van der Waals surface area contributed by atoms with Crippen molar-refractivity contribution in [1.29, 1.82) is 0 Å². The Morgan fingerprint density at radius 2 is 1.70 bits per heavy atom. The summed E-state index contributed by atoms with van der Waals surface area (Å²) in [5.41, 5.74) is -2.20. The highest BCUT2D eigenvalue weighted by molar-refractivity contribution is 6.00. The third kappa shape index (κ3) is 3.97. The van der Waals surface area contributed by atoms with Crippen LogP contribution in [0.1, 0.15) is 65.7 Å². The second kappa shape index (κ2) is 9.84. The van der Waals surface area contributed by atoms with Gasteiger partial charge in [0.15, 0.2) is 0 Å². The van der Waals surface area contributed by atoms with E-state index in [0.717, 1.165) is 25.7 Å². The maximum atomic E-state index is 14.6. The third-order valence-electron chi connectivity index (χ3n) is 9.47. The van der Waals surface area contributed by atoms with E-state index in [1.165, 1.54) is 6.42 Å². The molecule has 1 spiro atoms. The number of nitrogens with zero attached hydrogens (tertiary/aromatic N) is 3. The summed E-state index contributed by atoms with van der Waals surface area (Å²) in [6.45, 7) is 6.78. The molecule has 204 valence electrons. The van der Waals surface area contributed by atoms with Gasteiger partial charge >= 0.3 is 0 Å². The standard InChI is InChI=1S/C29H43N3O5/c1-5-28-13-9-15-30(4)25(34)22(28)23-26(35)32(21(18-33)17-19(2)3)24-27(36)31(20-11-7-6-8-12-20)16-10-14-29(23,24)37-28/h9-10,13-14,19-24,33H,5-8,11-12,15-18H2,1-4H3/t21-,22-,23+,24?,28+,29+/m1/s1. The van der Waals surface area contributed by atoms with Crippen molar-refractivity contribution in [3.63, 3.8) is 0 Å². The number of carbonyl (C=O) groups excluding carboxylic acids is 3. The molecular weight excluding hydrogens is 470 g/mol. The molecule has 1 aliphatic carbocycles. The lowest BCUT2D eigenvalue weighted by Crippen LogP contribution is -2.60. The molecule has 0 aromatic rings. The lowest BCUT2D eigenvalue weighted by atomic mass is 9.73. The van der Waals surface area contributed by atoms with Gasteiger partial charge in [-0.05, 0) is 31.6 Å². The van der Waals surface area contributed by atoms with E-state index >= 15 is 0 Å². The molecule has 8 heteroatoms. The molecule has 0 radical (unpaired) electrons. The van der Waals surface area contributed by atoms with Gasteiger partial charge < -0.3 is 24.5 Å². The molecule has 5 rings (SSSR count). The zero-order valence-corrected chi connectivity index (χ0v) is 22.8. The van der Waals surface area contributed by atoms with Crippen LogP contribution in [0.2, 0.25) is 0 Å². The normalized spacial score (nSPS) is 37.1. The molecule has 6 atom stereocenters. The molecule has 1 N–H and O–H groups in total. The Morgan fingerprint density at radius 1 is 1.00 bits per heavy atom. The summed E-state index contributed by atoms with van der Waals surface area (Å²) in [6.07, 6.45) is 14.2. The van der Waals surface area contributed by atoms with Crippen LogP contribution in [0.3, 0.4) is 0 Å². The predicted octanol–water partition coefficient (Wildman–Crippen LogP) is 2.51. The number of aliphatic hydroxyl groups is 1. The van der Waals surface area contributed by atoms with Crippen molar-refractivity contribution in [2.24, 2.45) is 17.8 Å². The smallest absolute Gasteiger partial charge is 0.249 e. The number of amides is 3. The van der Waals surface area contributed by atoms with Gasteiger partial charge in [0.25, 0.3) is 0 Å². The van der Waals surface area contributed by atoms with Crippen molar-refractivity contribution >= 4 is 17.7 Å². The number of hydrogen-bond donors (Lipinski definition) is 1. The monoisotopic (exact) mass is 513 g/mol. The lowest BCUT2D eigenvalue weighted by molar-refractivity contribution is -0.158. The van der Waals surface area contributed by atoms with Gasteiger partial charge in [0.1, 0.15) is 11.6 Å². The van der Waals surface area contributed by atoms with Gasteiger partial charge in [-0.25, -0.2) is 0 Å². The van der Waals surface area contributed by atoms with Crippen LogP contribution in [0.5, 0.6) is 0 Å². The Bertz CT molecular complexity index is 988. The molecule has 2 saturated heterocycles. The second-order valence-electron chi connectivity index (χ2n) is 12.1. The number of fused-ring (bicyclic) bond motifs is 2. The highest BCUT2D eigenvalue weighted by Crippen LogP contribution is 2.59. The zero-order chi connectivity index (χ0) is 26.5. The minimum absolute atomic E-state index is 0.109. The zero-order valence-electron chi connectivity index (χ0n) is 22.8. The van der Waals surface area contributed by atoms with Gasteiger partial charge in [-0.1, -0.05) is 64.3 Å². The van der Waals surface area contributed by atoms with Gasteiger partial charge in [0.2, 0.25) is 17.7 Å². The van der Waals surface area contributed by atoms with Crippen LogP contribution in [-0.2, 0) is 19.1 Å². The van der Waals surface area contributed by atoms with Crippen LogP contribution in [0.15, 0.2) is 24.3 Å². The summed E-state index contributed by atoms with van der Waals surface area (Å²) in [6, 6.07) is -1.28. The van der Waals surface area contributed by atoms with E-state index in [2.05, 4.69) is 13.8 Å². The second-order valence-corrected chi connectivity index (χ2v) is 12.1. The van der Waals surface area contributed by atoms with Gasteiger partial charge in [0.05, 0.1) is 30.1 Å². The molecule has 8 nitrogen and oxygen atoms in total. The molecule has 0 aromatic heterocycles. The summed E-state index contributed by atoms with van der Waals surface area (Å²) < 4.78 is 6.99. The van der Waals surface area contributed by atoms with E-state index in [4.69, 9.17) is 4.74 Å². The summed E-state index contributed by atoms with van der Waals surface area (Å²) in [7, 11) is 1.76. The molecule has 4 heterocycles. The van der Waals surface area contributed by atoms with Crippen molar-refractivity contribution in [2.45, 2.75) is 95.0 Å². The van der Waals surface area contributed by atoms with E-state index in [-0.39, 0.29) is 36.3 Å². The van der Waals surface area contributed by atoms with Gasteiger partial charge in [-0.3, -0.25) is 14.4 Å². The topological polar surface area (TPSA) is 90.4 Å². The first-order valence-electron chi connectivity index (χ1n) is 14.2. The van der Waals surface area contributed by atoms with Crippen molar-refractivity contribution in [2.75, 3.05) is 26.7 Å². The Hall–Kier alpha value is -2.19. The summed E-state index contributed by atoms with van der Waals surface area (Å²) in [5, 5.41) is 10.5. The average Bonchev–Trinajstić information content (AvgIpc) is 3.19. The summed E-state index contributed by atoms with van der Waals surface area (Å²) >= 11 is 0. The molecule has 1 unspecified atom stereocenters. The van der Waals surface area contributed by atoms with Gasteiger partial charge in [-0.15, -0.1) is 0 Å². The Morgan fingerprint density at radius 3 is 2.35 bits per heavy atom. The van der Waals surface area contributed by atoms with Crippen LogP contribution < -0.4 is 0 Å². The van der Waals surface area contributed by atoms with Gasteiger partial charge in [0, 0.05) is 26.2 Å². The number of likely N-dealkylation sites (tertiary alicyclic amines) is 1. The van der Waals surface area contributed by atoms with Crippen molar-refractivity contribution in [3.8, 4) is 0 Å². The van der Waals surface area contributed by atoms with Crippen molar-refractivity contribution < 1.29 is 24.2 Å². The van der Waals surface area contributed by atoms with Crippen molar-refractivity contribution in [1.82, 2.24) is 14.7 Å². The number of aliphatic hydroxyl groups excluding tert-OH is 1. The molecule has 3 amide bonds. The summed E-state index contributed by atoms with van der Waals surface area (Å²) in [5.74, 6) is -1.80. The fourth-order valence-electron chi connectivity index (χ4n) is 7.77. The Kier molecular flexibility index (Phi) is 7.03. The molecular formula is C29H43N3O5. The first kappa shape index (κ1) is 26.4. The number of ether oxygens (including phenoxy) is 1. The van der Waals surface area contributed by atoms with Crippen LogP contribution in [0.4, 0.5) is 0 Å². The average molecular weight is 514 g/mol. The molecule has 37 heavy (non-hydrogen) atoms. The Labute approximate surface area is 220 Å². The SMILES string of the molecule is CC[C@]12C=CCN(C)C(=O)[C@H]1[C@H]1C(=O)N([C@@H](CO)CC(C)C)C3C(=O)N(C4CCCCC4)CC=C[C@@]31O2. The number of rotatable bonds is 6. The Balaban J connectivity index is 1.66. The summed E-state index contributed by atoms with van der Waals surface area (Å²) in [4.78, 5) is 48.1. The van der Waals surface area contributed by atoms with Crippen molar-refractivity contribution in [3.05, 3.63) is 24.3 Å². The predicted molar refractivity (Wildman–Crippen MR) is 139 cm³/mol. The molecule has 4 aliphatic heterocycles. The minimum Gasteiger partial charge on any atom is -0.394 e. The maximum Gasteiger partial charge on any atom is 0.249 e. The van der Waals surface area contributed by atoms with Crippen LogP contribution in [0.25, 0.3) is 0 Å². The first-order valence-corrected chi connectivity index (χ1v) is 14.2. The molecule has 5 aliphatic rings. The maximum absolute atomic E-state index is 14.6. The number of hydrogen-bond acceptors (Lipinski definition) is 5. The van der Waals surface area contributed by atoms with Crippen LogP contribution in [0, 0.1) is 17.8 Å². The molecule has 3 fully saturated rings. The number of likely N-dealkylation sites (N-methyl/N-ethyl adjacent to an activating group) is 1. The van der Waals surface area contributed by atoms with E-state index in [1.54, 1.807) is 16.8 Å². The minimum atomic E-state index is -1.25. The molecule has 0 aromatic carbocycles. The highest BCUT2D eigenvalue weighted by atomic mass is 16.5. The van der Waals surface area contributed by atoms with Crippen LogP contribution >= 0.6 is 0 Å².